The van der Waals surface area contributed by atoms with Crippen LogP contribution in [0, 0.1) is 5.92 Å². The predicted octanol–water partition coefficient (Wildman–Crippen LogP) is 0.930. The van der Waals surface area contributed by atoms with E-state index in [-0.39, 0.29) is 24.1 Å². The van der Waals surface area contributed by atoms with Crippen LogP contribution in [0.15, 0.2) is 24.3 Å². The molecule has 0 aromatic heterocycles. The first-order chi connectivity index (χ1) is 9.72. The van der Waals surface area contributed by atoms with Gasteiger partial charge in [0.25, 0.3) is 5.91 Å². The number of para-hydroxylation sites is 1. The Bertz CT molecular complexity index is 506. The second-order valence-corrected chi connectivity index (χ2v) is 5.42. The Kier molecular flexibility index (Phi) is 3.63. The average molecular weight is 276 g/mol. The van der Waals surface area contributed by atoms with Gasteiger partial charge in [-0.3, -0.25) is 4.79 Å². The van der Waals surface area contributed by atoms with Gasteiger partial charge in [-0.1, -0.05) is 12.1 Å². The van der Waals surface area contributed by atoms with Gasteiger partial charge < -0.3 is 20.5 Å². The van der Waals surface area contributed by atoms with Gasteiger partial charge in [0, 0.05) is 18.6 Å². The molecular weight excluding hydrogens is 256 g/mol. The number of hydrogen-bond acceptors (Lipinski definition) is 4. The van der Waals surface area contributed by atoms with E-state index < -0.39 is 0 Å². The summed E-state index contributed by atoms with van der Waals surface area (Å²) >= 11 is 0. The molecule has 5 nitrogen and oxygen atoms in total. The normalized spacial score (nSPS) is 31.9. The predicted molar refractivity (Wildman–Crippen MR) is 74.7 cm³/mol. The Balaban J connectivity index is 1.70. The molecule has 2 fully saturated rings. The van der Waals surface area contributed by atoms with E-state index in [2.05, 4.69) is 5.32 Å². The van der Waals surface area contributed by atoms with Gasteiger partial charge in [-0.15, -0.1) is 0 Å². The summed E-state index contributed by atoms with van der Waals surface area (Å²) in [7, 11) is 1.56. The minimum absolute atomic E-state index is 0.0149. The lowest BCUT2D eigenvalue weighted by Crippen LogP contribution is -2.72. The van der Waals surface area contributed by atoms with Crippen LogP contribution in [0.25, 0.3) is 0 Å². The molecule has 108 valence electrons. The largest absolute Gasteiger partial charge is 0.496 e. The standard InChI is InChI=1S/C15H20N2O3/c1-19-11-7-3-2-5-9(11)15(18)17-13-12(16)10-6-4-8-20-14(10)13/h2-3,5,7,10,12-14H,4,6,8,16H2,1H3,(H,17,18). The second kappa shape index (κ2) is 5.42. The van der Waals surface area contributed by atoms with Crippen molar-refractivity contribution in [3.05, 3.63) is 29.8 Å². The van der Waals surface area contributed by atoms with Gasteiger partial charge in [-0.25, -0.2) is 0 Å². The zero-order valence-corrected chi connectivity index (χ0v) is 11.5. The maximum atomic E-state index is 12.3. The second-order valence-electron chi connectivity index (χ2n) is 5.42. The Morgan fingerprint density at radius 1 is 1.45 bits per heavy atom. The number of fused-ring (bicyclic) bond motifs is 1. The molecular formula is C15H20N2O3. The van der Waals surface area contributed by atoms with E-state index in [1.807, 2.05) is 12.1 Å². The van der Waals surface area contributed by atoms with Gasteiger partial charge in [-0.2, -0.15) is 0 Å². The summed E-state index contributed by atoms with van der Waals surface area (Å²) in [5.74, 6) is 0.793. The number of rotatable bonds is 3. The summed E-state index contributed by atoms with van der Waals surface area (Å²) in [6.07, 6.45) is 2.21. The fourth-order valence-corrected chi connectivity index (χ4v) is 3.19. The van der Waals surface area contributed by atoms with E-state index in [1.54, 1.807) is 19.2 Å². The van der Waals surface area contributed by atoms with Crippen molar-refractivity contribution in [3.63, 3.8) is 0 Å². The number of carbonyl (C=O) groups is 1. The maximum Gasteiger partial charge on any atom is 0.255 e. The molecule has 1 aromatic carbocycles. The zero-order valence-electron chi connectivity index (χ0n) is 11.5. The summed E-state index contributed by atoms with van der Waals surface area (Å²) in [5, 5.41) is 2.99. The molecule has 0 spiro atoms. The Hall–Kier alpha value is -1.59. The average Bonchev–Trinajstić information content (AvgIpc) is 2.51. The van der Waals surface area contributed by atoms with Gasteiger partial charge in [0.15, 0.2) is 0 Å². The van der Waals surface area contributed by atoms with Gasteiger partial charge >= 0.3 is 0 Å². The molecule has 4 atom stereocenters. The fourth-order valence-electron chi connectivity index (χ4n) is 3.19. The van der Waals surface area contributed by atoms with Crippen LogP contribution in [0.5, 0.6) is 5.75 Å². The summed E-state index contributed by atoms with van der Waals surface area (Å²) < 4.78 is 10.9. The lowest BCUT2D eigenvalue weighted by atomic mass is 9.68. The van der Waals surface area contributed by atoms with Gasteiger partial charge in [0.1, 0.15) is 5.75 Å². The third kappa shape index (κ3) is 2.17. The lowest BCUT2D eigenvalue weighted by molar-refractivity contribution is -0.117. The van der Waals surface area contributed by atoms with Crippen molar-refractivity contribution >= 4 is 5.91 Å². The zero-order chi connectivity index (χ0) is 14.1. The Morgan fingerprint density at radius 2 is 2.25 bits per heavy atom. The molecule has 1 saturated carbocycles. The molecule has 1 heterocycles. The van der Waals surface area contributed by atoms with Crippen LogP contribution >= 0.6 is 0 Å². The molecule has 1 aliphatic heterocycles. The minimum atomic E-state index is -0.157. The van der Waals surface area contributed by atoms with Crippen LogP contribution in [0.2, 0.25) is 0 Å². The van der Waals surface area contributed by atoms with Crippen molar-refractivity contribution in [2.45, 2.75) is 31.0 Å². The highest BCUT2D eigenvalue weighted by Crippen LogP contribution is 2.37. The molecule has 4 unspecified atom stereocenters. The fraction of sp³-hybridized carbons (Fsp3) is 0.533. The summed E-state index contributed by atoms with van der Waals surface area (Å²) in [6.45, 7) is 0.759. The first-order valence-corrected chi connectivity index (χ1v) is 7.03. The van der Waals surface area contributed by atoms with E-state index in [0.29, 0.717) is 17.2 Å². The van der Waals surface area contributed by atoms with E-state index in [1.165, 1.54) is 0 Å². The highest BCUT2D eigenvalue weighted by Gasteiger charge is 2.51. The molecule has 5 heteroatoms. The highest BCUT2D eigenvalue weighted by atomic mass is 16.5. The summed E-state index contributed by atoms with van der Waals surface area (Å²) in [5.41, 5.74) is 6.68. The van der Waals surface area contributed by atoms with E-state index in [4.69, 9.17) is 15.2 Å². The lowest BCUT2D eigenvalue weighted by Gasteiger charge is -2.52. The molecule has 0 radical (unpaired) electrons. The number of amides is 1. The molecule has 1 saturated heterocycles. The number of ether oxygens (including phenoxy) is 2. The number of benzene rings is 1. The number of hydrogen-bond donors (Lipinski definition) is 2. The highest BCUT2D eigenvalue weighted by molar-refractivity contribution is 5.97. The maximum absolute atomic E-state index is 12.3. The van der Waals surface area contributed by atoms with E-state index in [9.17, 15) is 4.79 Å². The number of nitrogens with two attached hydrogens (primary N) is 1. The summed E-state index contributed by atoms with van der Waals surface area (Å²) in [6, 6.07) is 7.06. The molecule has 1 amide bonds. The van der Waals surface area contributed by atoms with E-state index >= 15 is 0 Å². The van der Waals surface area contributed by atoms with Crippen molar-refractivity contribution in [3.8, 4) is 5.75 Å². The molecule has 3 N–H and O–H groups in total. The van der Waals surface area contributed by atoms with Crippen LogP contribution in [0.3, 0.4) is 0 Å². The molecule has 3 rings (SSSR count). The first-order valence-electron chi connectivity index (χ1n) is 7.03. The Morgan fingerprint density at radius 3 is 3.05 bits per heavy atom. The van der Waals surface area contributed by atoms with Gasteiger partial charge in [0.2, 0.25) is 0 Å². The van der Waals surface area contributed by atoms with Crippen LogP contribution in [0.1, 0.15) is 23.2 Å². The van der Waals surface area contributed by atoms with Crippen LogP contribution in [-0.2, 0) is 4.74 Å². The van der Waals surface area contributed by atoms with Crippen molar-refractivity contribution in [1.29, 1.82) is 0 Å². The van der Waals surface area contributed by atoms with Crippen molar-refractivity contribution in [2.24, 2.45) is 11.7 Å². The quantitative estimate of drug-likeness (QED) is 0.861. The van der Waals surface area contributed by atoms with E-state index in [0.717, 1.165) is 19.4 Å². The number of carbonyl (C=O) groups excluding carboxylic acids is 1. The first kappa shape index (κ1) is 13.4. The van der Waals surface area contributed by atoms with Crippen molar-refractivity contribution < 1.29 is 14.3 Å². The Labute approximate surface area is 118 Å². The van der Waals surface area contributed by atoms with Crippen molar-refractivity contribution in [2.75, 3.05) is 13.7 Å². The number of methoxy groups -OCH3 is 1. The summed E-state index contributed by atoms with van der Waals surface area (Å²) in [4.78, 5) is 12.3. The SMILES string of the molecule is COc1ccccc1C(=O)NC1C(N)C2CCCOC21. The monoisotopic (exact) mass is 276 g/mol. The smallest absolute Gasteiger partial charge is 0.255 e. The van der Waals surface area contributed by atoms with Crippen LogP contribution < -0.4 is 15.8 Å². The van der Waals surface area contributed by atoms with Crippen LogP contribution in [-0.4, -0.2) is 37.8 Å². The molecule has 20 heavy (non-hydrogen) atoms. The minimum Gasteiger partial charge on any atom is -0.496 e. The van der Waals surface area contributed by atoms with Gasteiger partial charge in [-0.05, 0) is 25.0 Å². The molecule has 2 aliphatic rings. The van der Waals surface area contributed by atoms with Crippen molar-refractivity contribution in [1.82, 2.24) is 5.32 Å². The third-order valence-corrected chi connectivity index (χ3v) is 4.33. The topological polar surface area (TPSA) is 73.6 Å². The van der Waals surface area contributed by atoms with Gasteiger partial charge in [0.05, 0.1) is 24.8 Å². The molecule has 0 bridgehead atoms. The van der Waals surface area contributed by atoms with Crippen LogP contribution in [0.4, 0.5) is 0 Å². The third-order valence-electron chi connectivity index (χ3n) is 4.33. The molecule has 1 aliphatic carbocycles. The molecule has 1 aromatic rings. The number of nitrogens with one attached hydrogen (secondary N) is 1.